The second-order valence-electron chi connectivity index (χ2n) is 2.47. The van der Waals surface area contributed by atoms with Crippen molar-refractivity contribution in [3.63, 3.8) is 0 Å². The van der Waals surface area contributed by atoms with Crippen LogP contribution in [0.15, 0.2) is 0 Å². The van der Waals surface area contributed by atoms with Crippen molar-refractivity contribution in [2.24, 2.45) is 0 Å². The van der Waals surface area contributed by atoms with Gasteiger partial charge in [-0.25, -0.2) is 10.2 Å². The Morgan fingerprint density at radius 3 is 2.50 bits per heavy atom. The minimum Gasteiger partial charge on any atom is -0.334 e. The zero-order chi connectivity index (χ0) is 8.97. The SMILES string of the molecule is C#CC(=O)NNC(=O)NC1CC1. The molecule has 3 N–H and O–H groups in total. The van der Waals surface area contributed by atoms with Gasteiger partial charge in [0.1, 0.15) is 0 Å². The van der Waals surface area contributed by atoms with E-state index in [1.54, 1.807) is 5.92 Å². The van der Waals surface area contributed by atoms with E-state index in [0.29, 0.717) is 0 Å². The molecule has 12 heavy (non-hydrogen) atoms. The summed E-state index contributed by atoms with van der Waals surface area (Å²) in [6.45, 7) is 0. The number of hydrogen-bond donors (Lipinski definition) is 3. The fourth-order valence-electron chi connectivity index (χ4n) is 0.599. The Morgan fingerprint density at radius 1 is 1.33 bits per heavy atom. The van der Waals surface area contributed by atoms with Crippen molar-refractivity contribution in [3.8, 4) is 12.3 Å². The van der Waals surface area contributed by atoms with E-state index in [0.717, 1.165) is 12.8 Å². The molecule has 0 aromatic heterocycles. The molecule has 1 aliphatic rings. The normalized spacial score (nSPS) is 14.2. The van der Waals surface area contributed by atoms with Crippen LogP contribution >= 0.6 is 0 Å². The molecule has 1 aliphatic carbocycles. The average Bonchev–Trinajstić information content (AvgIpc) is 2.84. The molecule has 0 spiro atoms. The van der Waals surface area contributed by atoms with E-state index in [4.69, 9.17) is 6.42 Å². The van der Waals surface area contributed by atoms with E-state index in [2.05, 4.69) is 10.7 Å². The topological polar surface area (TPSA) is 70.2 Å². The number of carbonyl (C=O) groups excluding carboxylic acids is 2. The quantitative estimate of drug-likeness (QED) is 0.350. The van der Waals surface area contributed by atoms with Crippen molar-refractivity contribution in [1.29, 1.82) is 0 Å². The standard InChI is InChI=1S/C7H9N3O2/c1-2-6(11)9-10-7(12)8-5-3-4-5/h1,5H,3-4H2,(H,9,11)(H2,8,10,12). The molecule has 0 radical (unpaired) electrons. The van der Waals surface area contributed by atoms with Crippen LogP contribution in [0.5, 0.6) is 0 Å². The first-order valence-corrected chi connectivity index (χ1v) is 3.55. The molecule has 0 saturated heterocycles. The largest absolute Gasteiger partial charge is 0.334 e. The van der Waals surface area contributed by atoms with Gasteiger partial charge >= 0.3 is 11.9 Å². The Hall–Kier alpha value is -1.70. The Labute approximate surface area is 69.9 Å². The maximum Gasteiger partial charge on any atom is 0.333 e. The number of urea groups is 1. The maximum atomic E-state index is 10.8. The van der Waals surface area contributed by atoms with Crippen LogP contribution < -0.4 is 16.2 Å². The van der Waals surface area contributed by atoms with E-state index in [9.17, 15) is 9.59 Å². The third kappa shape index (κ3) is 2.92. The summed E-state index contributed by atoms with van der Waals surface area (Å²) in [4.78, 5) is 21.2. The van der Waals surface area contributed by atoms with Gasteiger partial charge in [-0.15, -0.1) is 6.42 Å². The van der Waals surface area contributed by atoms with Crippen LogP contribution in [-0.4, -0.2) is 18.0 Å². The lowest BCUT2D eigenvalue weighted by Crippen LogP contribution is -2.47. The lowest BCUT2D eigenvalue weighted by Gasteiger charge is -2.04. The fourth-order valence-corrected chi connectivity index (χ4v) is 0.599. The summed E-state index contributed by atoms with van der Waals surface area (Å²) in [5, 5.41) is 2.60. The molecule has 64 valence electrons. The van der Waals surface area contributed by atoms with Gasteiger partial charge < -0.3 is 5.32 Å². The number of terminal acetylenes is 1. The van der Waals surface area contributed by atoms with Gasteiger partial charge in [-0.2, -0.15) is 0 Å². The molecule has 0 unspecified atom stereocenters. The van der Waals surface area contributed by atoms with Gasteiger partial charge in [-0.1, -0.05) is 0 Å². The van der Waals surface area contributed by atoms with Crippen molar-refractivity contribution in [2.75, 3.05) is 0 Å². The Bertz CT molecular complexity index is 240. The highest BCUT2D eigenvalue weighted by molar-refractivity contribution is 5.93. The summed E-state index contributed by atoms with van der Waals surface area (Å²) in [6, 6.07) is -0.172. The first-order valence-electron chi connectivity index (χ1n) is 3.55. The van der Waals surface area contributed by atoms with Crippen LogP contribution in [0.4, 0.5) is 4.79 Å². The van der Waals surface area contributed by atoms with Gasteiger partial charge in [0.25, 0.3) is 0 Å². The van der Waals surface area contributed by atoms with Crippen molar-refractivity contribution < 1.29 is 9.59 Å². The van der Waals surface area contributed by atoms with Crippen LogP contribution in [0.25, 0.3) is 0 Å². The molecular weight excluding hydrogens is 158 g/mol. The van der Waals surface area contributed by atoms with E-state index in [1.807, 2.05) is 5.43 Å². The highest BCUT2D eigenvalue weighted by Crippen LogP contribution is 2.17. The fraction of sp³-hybridized carbons (Fsp3) is 0.429. The number of hydrogen-bond acceptors (Lipinski definition) is 2. The minimum absolute atomic E-state index is 0.257. The molecule has 0 aromatic rings. The van der Waals surface area contributed by atoms with Gasteiger partial charge in [-0.05, 0) is 18.8 Å². The van der Waals surface area contributed by atoms with Gasteiger partial charge in [-0.3, -0.25) is 10.2 Å². The van der Waals surface area contributed by atoms with Gasteiger partial charge in [0.2, 0.25) is 0 Å². The van der Waals surface area contributed by atoms with Crippen molar-refractivity contribution in [1.82, 2.24) is 16.2 Å². The summed E-state index contributed by atoms with van der Waals surface area (Å²) in [5.74, 6) is 1.13. The maximum absolute atomic E-state index is 10.8. The van der Waals surface area contributed by atoms with Gasteiger partial charge in [0, 0.05) is 6.04 Å². The zero-order valence-corrected chi connectivity index (χ0v) is 6.39. The molecular formula is C7H9N3O2. The molecule has 5 heteroatoms. The lowest BCUT2D eigenvalue weighted by molar-refractivity contribution is -0.116. The molecule has 3 amide bonds. The van der Waals surface area contributed by atoms with Crippen LogP contribution in [0.2, 0.25) is 0 Å². The van der Waals surface area contributed by atoms with Crippen molar-refractivity contribution >= 4 is 11.9 Å². The average molecular weight is 167 g/mol. The van der Waals surface area contributed by atoms with Gasteiger partial charge in [0.05, 0.1) is 0 Å². The molecule has 0 aliphatic heterocycles. The summed E-state index contributed by atoms with van der Waals surface area (Å²) in [7, 11) is 0. The molecule has 0 heterocycles. The number of nitrogens with one attached hydrogen (secondary N) is 3. The number of rotatable bonds is 1. The summed E-state index contributed by atoms with van der Waals surface area (Å²) in [5.41, 5.74) is 4.14. The Balaban J connectivity index is 2.09. The van der Waals surface area contributed by atoms with Crippen LogP contribution in [0, 0.1) is 12.3 Å². The summed E-state index contributed by atoms with van der Waals surface area (Å²) in [6.07, 6.45) is 6.73. The van der Waals surface area contributed by atoms with E-state index in [1.165, 1.54) is 0 Å². The number of carbonyl (C=O) groups is 2. The molecule has 0 aromatic carbocycles. The van der Waals surface area contributed by atoms with E-state index < -0.39 is 11.9 Å². The lowest BCUT2D eigenvalue weighted by atomic mass is 10.7. The first-order chi connectivity index (χ1) is 5.72. The minimum atomic E-state index is -0.666. The predicted octanol–water partition coefficient (Wildman–Crippen LogP) is -0.888. The van der Waals surface area contributed by atoms with Gasteiger partial charge in [0.15, 0.2) is 0 Å². The molecule has 1 fully saturated rings. The third-order valence-corrected chi connectivity index (χ3v) is 1.33. The summed E-state index contributed by atoms with van der Waals surface area (Å²) >= 11 is 0. The predicted molar refractivity (Wildman–Crippen MR) is 41.7 cm³/mol. The second kappa shape index (κ2) is 3.62. The van der Waals surface area contributed by atoms with E-state index in [-0.39, 0.29) is 6.04 Å². The van der Waals surface area contributed by atoms with Crippen molar-refractivity contribution in [2.45, 2.75) is 18.9 Å². The Kier molecular flexibility index (Phi) is 2.53. The van der Waals surface area contributed by atoms with Crippen LogP contribution in [-0.2, 0) is 4.79 Å². The monoisotopic (exact) mass is 167 g/mol. The van der Waals surface area contributed by atoms with Crippen LogP contribution in [0.3, 0.4) is 0 Å². The molecule has 1 rings (SSSR count). The van der Waals surface area contributed by atoms with Crippen LogP contribution in [0.1, 0.15) is 12.8 Å². The Morgan fingerprint density at radius 2 is 2.00 bits per heavy atom. The van der Waals surface area contributed by atoms with E-state index >= 15 is 0 Å². The molecule has 5 nitrogen and oxygen atoms in total. The highest BCUT2D eigenvalue weighted by Gasteiger charge is 2.22. The third-order valence-electron chi connectivity index (χ3n) is 1.33. The number of amides is 3. The zero-order valence-electron chi connectivity index (χ0n) is 6.39. The smallest absolute Gasteiger partial charge is 0.333 e. The van der Waals surface area contributed by atoms with Crippen molar-refractivity contribution in [3.05, 3.63) is 0 Å². The molecule has 1 saturated carbocycles. The molecule has 0 bridgehead atoms. The molecule has 0 atom stereocenters. The highest BCUT2D eigenvalue weighted by atomic mass is 16.2. The first kappa shape index (κ1) is 8.40. The summed E-state index contributed by atoms with van der Waals surface area (Å²) < 4.78 is 0. The number of hydrazine groups is 1. The second-order valence-corrected chi connectivity index (χ2v) is 2.47.